The van der Waals surface area contributed by atoms with E-state index in [0.29, 0.717) is 0 Å². The minimum Gasteiger partial charge on any atom is -0.813 e. The van der Waals surface area contributed by atoms with Crippen LogP contribution in [0.3, 0.4) is 0 Å². The van der Waals surface area contributed by atoms with E-state index in [2.05, 4.69) is 0 Å². The molecule has 0 saturated carbocycles. The molecule has 0 heterocycles. The van der Waals surface area contributed by atoms with Gasteiger partial charge in [0.25, 0.3) is 0 Å². The summed E-state index contributed by atoms with van der Waals surface area (Å²) in [7, 11) is -7.26. The Morgan fingerprint density at radius 2 is 0.778 bits per heavy atom. The van der Waals surface area contributed by atoms with Gasteiger partial charge in [-0.2, -0.15) is 0 Å². The first kappa shape index (κ1) is 16.6. The van der Waals surface area contributed by atoms with Gasteiger partial charge in [0.2, 0.25) is 0 Å². The van der Waals surface area contributed by atoms with E-state index in [1.165, 1.54) is 0 Å². The summed E-state index contributed by atoms with van der Waals surface area (Å²) in [4.78, 5) is 34.1. The SMILES string of the molecule is O=[PH]([O-])[O-].O=[PH]([O-])[O-].[Zr+4]. The Hall–Kier alpha value is 1.18. The Balaban J connectivity index is -0.0000000720. The van der Waals surface area contributed by atoms with Gasteiger partial charge in [0, 0.05) is 0 Å². The van der Waals surface area contributed by atoms with Gasteiger partial charge < -0.3 is 28.7 Å². The van der Waals surface area contributed by atoms with Crippen LogP contribution in [0.5, 0.6) is 0 Å². The van der Waals surface area contributed by atoms with Crippen LogP contribution in [0.4, 0.5) is 0 Å². The Morgan fingerprint density at radius 1 is 0.778 bits per heavy atom. The van der Waals surface area contributed by atoms with E-state index in [9.17, 15) is 0 Å². The second kappa shape index (κ2) is 11.9. The molecule has 0 saturated heterocycles. The molecule has 0 aliphatic carbocycles. The second-order valence-electron chi connectivity index (χ2n) is 0.500. The fourth-order valence-electron chi connectivity index (χ4n) is 0. The van der Waals surface area contributed by atoms with E-state index >= 15 is 0 Å². The van der Waals surface area contributed by atoms with E-state index in [4.69, 9.17) is 28.7 Å². The fraction of sp³-hybridized carbons (Fsp3) is 0. The molecule has 52 valence electrons. The van der Waals surface area contributed by atoms with E-state index in [-0.39, 0.29) is 26.2 Å². The molecule has 6 nitrogen and oxygen atoms in total. The smallest absolute Gasteiger partial charge is 0.813 e. The van der Waals surface area contributed by atoms with Gasteiger partial charge in [-0.15, -0.1) is 0 Å². The van der Waals surface area contributed by atoms with Crippen LogP contribution in [0.2, 0.25) is 0 Å². The van der Waals surface area contributed by atoms with Crippen molar-refractivity contribution < 1.29 is 54.9 Å². The predicted octanol–water partition coefficient (Wildman–Crippen LogP) is -3.81. The molecule has 0 aromatic heterocycles. The van der Waals surface area contributed by atoms with Crippen molar-refractivity contribution in [2.75, 3.05) is 0 Å². The molecule has 0 radical (unpaired) electrons. The van der Waals surface area contributed by atoms with E-state index in [1.54, 1.807) is 0 Å². The van der Waals surface area contributed by atoms with Gasteiger partial charge in [0.15, 0.2) is 0 Å². The van der Waals surface area contributed by atoms with Gasteiger partial charge in [0.1, 0.15) is 0 Å². The molecule has 0 amide bonds. The minimum absolute atomic E-state index is 0. The quantitative estimate of drug-likeness (QED) is 0.406. The maximum Gasteiger partial charge on any atom is 4.00 e. The Bertz CT molecular complexity index is 69.1. The van der Waals surface area contributed by atoms with Crippen molar-refractivity contribution in [1.82, 2.24) is 0 Å². The van der Waals surface area contributed by atoms with Crippen molar-refractivity contribution in [2.24, 2.45) is 0 Å². The van der Waals surface area contributed by atoms with E-state index < -0.39 is 16.5 Å². The molecule has 0 aromatic rings. The third kappa shape index (κ3) is 339. The van der Waals surface area contributed by atoms with Gasteiger partial charge in [-0.25, -0.2) is 0 Å². The Labute approximate surface area is 71.6 Å². The van der Waals surface area contributed by atoms with Gasteiger partial charge in [-0.3, -0.25) is 0 Å². The standard InChI is InChI=1S/2H3O3P.Zr/c2*1-4(2)3;/h2*4H,(H2,1,2,3);/q;;+4/p-4. The van der Waals surface area contributed by atoms with Crippen LogP contribution < -0.4 is 19.6 Å². The first-order valence-corrected chi connectivity index (χ1v) is 3.67. The summed E-state index contributed by atoms with van der Waals surface area (Å²) >= 11 is 0. The van der Waals surface area contributed by atoms with Crippen LogP contribution in [0.1, 0.15) is 0 Å². The topological polar surface area (TPSA) is 126 Å². The minimum atomic E-state index is -3.63. The van der Waals surface area contributed by atoms with Crippen molar-refractivity contribution in [3.63, 3.8) is 0 Å². The van der Waals surface area contributed by atoms with Gasteiger partial charge >= 0.3 is 26.2 Å². The first-order valence-electron chi connectivity index (χ1n) is 1.22. The zero-order valence-corrected chi connectivity index (χ0v) is 8.41. The number of rotatable bonds is 0. The molecular formula is H2O6P2Zr. The normalized spacial score (nSPS) is 7.78. The Kier molecular flexibility index (Phi) is 22.0. The van der Waals surface area contributed by atoms with E-state index in [1.807, 2.05) is 0 Å². The van der Waals surface area contributed by atoms with Gasteiger partial charge in [-0.05, 0) is 0 Å². The first-order chi connectivity index (χ1) is 3.46. The predicted molar refractivity (Wildman–Crippen MR) is 18.0 cm³/mol. The summed E-state index contributed by atoms with van der Waals surface area (Å²) in [6.45, 7) is 0. The number of hydrogen-bond acceptors (Lipinski definition) is 6. The molecule has 0 bridgehead atoms. The van der Waals surface area contributed by atoms with Crippen LogP contribution in [-0.4, -0.2) is 0 Å². The molecule has 9 heavy (non-hydrogen) atoms. The molecule has 0 fully saturated rings. The molecule has 0 N–H and O–H groups in total. The zero-order valence-electron chi connectivity index (χ0n) is 3.95. The maximum atomic E-state index is 8.52. The van der Waals surface area contributed by atoms with Gasteiger partial charge in [0.05, 0.1) is 0 Å². The largest absolute Gasteiger partial charge is 4.00 e. The van der Waals surface area contributed by atoms with Crippen molar-refractivity contribution in [1.29, 1.82) is 0 Å². The number of hydrogen-bond donors (Lipinski definition) is 0. The van der Waals surface area contributed by atoms with Gasteiger partial charge in [-0.1, -0.05) is 16.5 Å². The molecule has 9 heteroatoms. The summed E-state index contributed by atoms with van der Waals surface area (Å²) in [6, 6.07) is 0. The fourth-order valence-corrected chi connectivity index (χ4v) is 0. The van der Waals surface area contributed by atoms with E-state index in [0.717, 1.165) is 0 Å². The summed E-state index contributed by atoms with van der Waals surface area (Å²) in [5.74, 6) is 0. The molecule has 0 aliphatic rings. The second-order valence-corrected chi connectivity index (χ2v) is 1.50. The van der Waals surface area contributed by atoms with Crippen molar-refractivity contribution in [3.8, 4) is 0 Å². The summed E-state index contributed by atoms with van der Waals surface area (Å²) in [6.07, 6.45) is 0. The zero-order chi connectivity index (χ0) is 7.15. The molecule has 0 aliphatic heterocycles. The van der Waals surface area contributed by atoms with Crippen LogP contribution in [0.25, 0.3) is 0 Å². The van der Waals surface area contributed by atoms with Crippen LogP contribution in [0, 0.1) is 0 Å². The molecule has 0 spiro atoms. The molecule has 0 aromatic carbocycles. The summed E-state index contributed by atoms with van der Waals surface area (Å²) in [5, 5.41) is 0. The van der Waals surface area contributed by atoms with Crippen molar-refractivity contribution >= 4 is 16.5 Å². The monoisotopic (exact) mass is 250 g/mol. The van der Waals surface area contributed by atoms with Crippen LogP contribution >= 0.6 is 16.5 Å². The van der Waals surface area contributed by atoms with Crippen LogP contribution in [0.15, 0.2) is 0 Å². The Morgan fingerprint density at radius 3 is 0.778 bits per heavy atom. The average molecular weight is 251 g/mol. The third-order valence-corrected chi connectivity index (χ3v) is 0. The average Bonchev–Trinajstić information content (AvgIpc) is 1.25. The van der Waals surface area contributed by atoms with Crippen molar-refractivity contribution in [2.45, 2.75) is 0 Å². The molecule has 0 rings (SSSR count). The third-order valence-electron chi connectivity index (χ3n) is 0. The molecule has 0 atom stereocenters. The summed E-state index contributed by atoms with van der Waals surface area (Å²) < 4.78 is 17.0. The summed E-state index contributed by atoms with van der Waals surface area (Å²) in [5.41, 5.74) is 0. The molecule has 0 unspecified atom stereocenters. The van der Waals surface area contributed by atoms with Crippen molar-refractivity contribution in [3.05, 3.63) is 0 Å². The van der Waals surface area contributed by atoms with Crippen LogP contribution in [-0.2, 0) is 35.3 Å². The maximum absolute atomic E-state index is 8.52. The molecular weight excluding hydrogens is 249 g/mol.